The molecule has 20 heavy (non-hydrogen) atoms. The first-order chi connectivity index (χ1) is 9.74. The average Bonchev–Trinajstić information content (AvgIpc) is 2.88. The van der Waals surface area contributed by atoms with Crippen LogP contribution in [0.25, 0.3) is 11.0 Å². The summed E-state index contributed by atoms with van der Waals surface area (Å²) >= 11 is 0. The molecule has 4 heteroatoms. The Kier molecular flexibility index (Phi) is 4.03. The highest BCUT2D eigenvalue weighted by Gasteiger charge is 2.13. The van der Waals surface area contributed by atoms with Crippen LogP contribution >= 0.6 is 0 Å². The first-order valence-electron chi connectivity index (χ1n) is 7.55. The number of nitrogens with zero attached hydrogens (tertiary/aromatic N) is 2. The molecule has 1 aromatic heterocycles. The molecule has 0 radical (unpaired) electrons. The van der Waals surface area contributed by atoms with Crippen molar-refractivity contribution in [3.8, 4) is 0 Å². The lowest BCUT2D eigenvalue weighted by Gasteiger charge is -2.26. The molecule has 0 atom stereocenters. The molecule has 0 saturated carbocycles. The molecule has 0 amide bonds. The predicted molar refractivity (Wildman–Crippen MR) is 81.1 cm³/mol. The van der Waals surface area contributed by atoms with Crippen molar-refractivity contribution < 1.29 is 4.52 Å². The molecular formula is C16H23N3O. The first-order valence-corrected chi connectivity index (χ1v) is 7.55. The zero-order valence-electron chi connectivity index (χ0n) is 12.4. The third-order valence-corrected chi connectivity index (χ3v) is 4.11. The second-order valence-corrected chi connectivity index (χ2v) is 5.88. The maximum atomic E-state index is 5.44. The Balaban J connectivity index is 1.75. The van der Waals surface area contributed by atoms with Gasteiger partial charge in [0.25, 0.3) is 0 Å². The summed E-state index contributed by atoms with van der Waals surface area (Å²) in [6.07, 6.45) is 0.967. The van der Waals surface area contributed by atoms with Crippen LogP contribution in [-0.2, 0) is 6.42 Å². The number of rotatable bonds is 4. The van der Waals surface area contributed by atoms with Crippen LogP contribution in [0.1, 0.15) is 31.0 Å². The van der Waals surface area contributed by atoms with Gasteiger partial charge in [0.1, 0.15) is 0 Å². The van der Waals surface area contributed by atoms with Gasteiger partial charge in [-0.2, -0.15) is 0 Å². The third kappa shape index (κ3) is 2.86. The molecule has 0 unspecified atom stereocenters. The Hall–Kier alpha value is -1.39. The summed E-state index contributed by atoms with van der Waals surface area (Å²) in [5.74, 6) is 0.537. The lowest BCUT2D eigenvalue weighted by atomic mass is 10.0. The molecule has 1 aromatic carbocycles. The highest BCUT2D eigenvalue weighted by atomic mass is 16.5. The van der Waals surface area contributed by atoms with Crippen LogP contribution in [0.15, 0.2) is 22.7 Å². The Bertz CT molecular complexity index is 570. The van der Waals surface area contributed by atoms with Crippen molar-refractivity contribution >= 4 is 11.0 Å². The Morgan fingerprint density at radius 3 is 2.85 bits per heavy atom. The maximum Gasteiger partial charge on any atom is 0.167 e. The summed E-state index contributed by atoms with van der Waals surface area (Å²) in [4.78, 5) is 2.49. The average molecular weight is 273 g/mol. The van der Waals surface area contributed by atoms with Gasteiger partial charge in [0, 0.05) is 44.5 Å². The SMILES string of the molecule is CC(C)c1ccc2onc(CCN3CCNCC3)c2c1. The van der Waals surface area contributed by atoms with E-state index in [-0.39, 0.29) is 0 Å². The van der Waals surface area contributed by atoms with Crippen LogP contribution in [0.2, 0.25) is 0 Å². The predicted octanol–water partition coefficient (Wildman–Crippen LogP) is 2.40. The number of aromatic nitrogens is 1. The molecule has 2 aromatic rings. The second-order valence-electron chi connectivity index (χ2n) is 5.88. The van der Waals surface area contributed by atoms with E-state index in [4.69, 9.17) is 4.52 Å². The first kappa shape index (κ1) is 13.6. The van der Waals surface area contributed by atoms with Crippen LogP contribution in [0.4, 0.5) is 0 Å². The lowest BCUT2D eigenvalue weighted by Crippen LogP contribution is -2.44. The van der Waals surface area contributed by atoms with E-state index in [2.05, 4.69) is 41.4 Å². The van der Waals surface area contributed by atoms with E-state index >= 15 is 0 Å². The number of fused-ring (bicyclic) bond motifs is 1. The quantitative estimate of drug-likeness (QED) is 0.929. The Morgan fingerprint density at radius 2 is 2.10 bits per heavy atom. The van der Waals surface area contributed by atoms with Crippen molar-refractivity contribution in [2.24, 2.45) is 0 Å². The molecule has 1 aliphatic heterocycles. The largest absolute Gasteiger partial charge is 0.356 e. The van der Waals surface area contributed by atoms with E-state index in [1.165, 1.54) is 10.9 Å². The van der Waals surface area contributed by atoms with Crippen molar-refractivity contribution in [1.29, 1.82) is 0 Å². The van der Waals surface area contributed by atoms with Crippen LogP contribution in [0.5, 0.6) is 0 Å². The second kappa shape index (κ2) is 5.94. The van der Waals surface area contributed by atoms with Gasteiger partial charge >= 0.3 is 0 Å². The fourth-order valence-corrected chi connectivity index (χ4v) is 2.74. The van der Waals surface area contributed by atoms with E-state index in [0.29, 0.717) is 5.92 Å². The topological polar surface area (TPSA) is 41.3 Å². The van der Waals surface area contributed by atoms with Gasteiger partial charge in [-0.15, -0.1) is 0 Å². The molecule has 2 heterocycles. The summed E-state index contributed by atoms with van der Waals surface area (Å²) in [5, 5.41) is 8.83. The van der Waals surface area contributed by atoms with Crippen LogP contribution < -0.4 is 5.32 Å². The fraction of sp³-hybridized carbons (Fsp3) is 0.562. The summed E-state index contributed by atoms with van der Waals surface area (Å²) in [5.41, 5.74) is 3.36. The van der Waals surface area contributed by atoms with Gasteiger partial charge in [0.15, 0.2) is 5.58 Å². The Labute approximate surface area is 120 Å². The third-order valence-electron chi connectivity index (χ3n) is 4.11. The summed E-state index contributed by atoms with van der Waals surface area (Å²) in [6, 6.07) is 6.42. The zero-order valence-corrected chi connectivity index (χ0v) is 12.4. The van der Waals surface area contributed by atoms with Gasteiger partial charge in [-0.3, -0.25) is 0 Å². The fourth-order valence-electron chi connectivity index (χ4n) is 2.74. The number of benzene rings is 1. The van der Waals surface area contributed by atoms with E-state index in [0.717, 1.165) is 50.4 Å². The molecule has 1 N–H and O–H groups in total. The smallest absolute Gasteiger partial charge is 0.167 e. The molecular weight excluding hydrogens is 250 g/mol. The minimum absolute atomic E-state index is 0.537. The van der Waals surface area contributed by atoms with Crippen LogP contribution in [0, 0.1) is 0 Å². The number of piperazine rings is 1. The lowest BCUT2D eigenvalue weighted by molar-refractivity contribution is 0.242. The monoisotopic (exact) mass is 273 g/mol. The summed E-state index contributed by atoms with van der Waals surface area (Å²) in [7, 11) is 0. The highest BCUT2D eigenvalue weighted by molar-refractivity contribution is 5.80. The van der Waals surface area contributed by atoms with Crippen LogP contribution in [0.3, 0.4) is 0 Å². The van der Waals surface area contributed by atoms with Gasteiger partial charge in [-0.25, -0.2) is 0 Å². The van der Waals surface area contributed by atoms with Crippen molar-refractivity contribution in [3.63, 3.8) is 0 Å². The van der Waals surface area contributed by atoms with Gasteiger partial charge in [-0.05, 0) is 23.6 Å². The van der Waals surface area contributed by atoms with Gasteiger partial charge in [0.2, 0.25) is 0 Å². The Morgan fingerprint density at radius 1 is 1.30 bits per heavy atom. The van der Waals surface area contributed by atoms with E-state index in [9.17, 15) is 0 Å². The normalized spacial score (nSPS) is 17.1. The van der Waals surface area contributed by atoms with Crippen LogP contribution in [-0.4, -0.2) is 42.8 Å². The maximum absolute atomic E-state index is 5.44. The molecule has 108 valence electrons. The van der Waals surface area contributed by atoms with E-state index in [1.807, 2.05) is 6.07 Å². The minimum atomic E-state index is 0.537. The molecule has 1 fully saturated rings. The molecule has 0 spiro atoms. The van der Waals surface area contributed by atoms with Crippen molar-refractivity contribution in [2.45, 2.75) is 26.2 Å². The number of hydrogen-bond acceptors (Lipinski definition) is 4. The van der Waals surface area contributed by atoms with Gasteiger partial charge in [-0.1, -0.05) is 25.1 Å². The number of hydrogen-bond donors (Lipinski definition) is 1. The van der Waals surface area contributed by atoms with Gasteiger partial charge in [0.05, 0.1) is 5.69 Å². The van der Waals surface area contributed by atoms with Crippen molar-refractivity contribution in [3.05, 3.63) is 29.5 Å². The summed E-state index contributed by atoms with van der Waals surface area (Å²) in [6.45, 7) is 9.95. The van der Waals surface area contributed by atoms with Gasteiger partial charge < -0.3 is 14.7 Å². The minimum Gasteiger partial charge on any atom is -0.356 e. The zero-order chi connectivity index (χ0) is 13.9. The highest BCUT2D eigenvalue weighted by Crippen LogP contribution is 2.24. The molecule has 0 bridgehead atoms. The summed E-state index contributed by atoms with van der Waals surface area (Å²) < 4.78 is 5.44. The molecule has 1 aliphatic rings. The standard InChI is InChI=1S/C16H23N3O/c1-12(2)13-3-4-16-14(11-13)15(18-20-16)5-8-19-9-6-17-7-10-19/h3-4,11-12,17H,5-10H2,1-2H3. The van der Waals surface area contributed by atoms with Crippen molar-refractivity contribution in [2.75, 3.05) is 32.7 Å². The van der Waals surface area contributed by atoms with E-state index in [1.54, 1.807) is 0 Å². The molecule has 1 saturated heterocycles. The molecule has 3 rings (SSSR count). The molecule has 0 aliphatic carbocycles. The van der Waals surface area contributed by atoms with Crippen molar-refractivity contribution in [1.82, 2.24) is 15.4 Å². The van der Waals surface area contributed by atoms with E-state index < -0.39 is 0 Å². The number of nitrogens with one attached hydrogen (secondary N) is 1. The molecule has 4 nitrogen and oxygen atoms in total.